The Kier molecular flexibility index (Phi) is 11.2. The smallest absolute Gasteiger partial charge is 0.148 e. The summed E-state index contributed by atoms with van der Waals surface area (Å²) >= 11 is 0. The molecule has 0 saturated heterocycles. The third-order valence-corrected chi connectivity index (χ3v) is 12.3. The van der Waals surface area contributed by atoms with E-state index in [0.29, 0.717) is 33.7 Å². The Balaban J connectivity index is 0.00000625. The number of benzene rings is 7. The normalized spacial score (nSPS) is 12.7. The molecule has 0 amide bonds. The topological polar surface area (TPSA) is 50.9 Å². The molecule has 328 valence electrons. The molecule has 2 heterocycles. The molecule has 0 aliphatic rings. The molecule has 0 atom stereocenters. The van der Waals surface area contributed by atoms with Crippen molar-refractivity contribution in [3.63, 3.8) is 0 Å². The largest absolute Gasteiger partial charge is 0.507 e. The van der Waals surface area contributed by atoms with E-state index < -0.39 is 6.85 Å². The number of hydrogen-bond donors (Lipinski definition) is 1. The number of aromatic hydroxyl groups is 1. The van der Waals surface area contributed by atoms with Gasteiger partial charge >= 0.3 is 0 Å². The Hall–Kier alpha value is -6.35. The van der Waals surface area contributed by atoms with Gasteiger partial charge in [0.05, 0.1) is 22.3 Å². The molecule has 4 nitrogen and oxygen atoms in total. The average Bonchev–Trinajstić information content (AvgIpc) is 3.69. The minimum atomic E-state index is -2.47. The zero-order valence-electron chi connectivity index (χ0n) is 41.5. The van der Waals surface area contributed by atoms with Gasteiger partial charge in [-0.1, -0.05) is 161 Å². The van der Waals surface area contributed by atoms with E-state index in [1.807, 2.05) is 97.4 Å². The van der Waals surface area contributed by atoms with Crippen LogP contribution in [0.1, 0.15) is 79.0 Å². The molecule has 65 heavy (non-hydrogen) atoms. The Morgan fingerprint density at radius 1 is 0.554 bits per heavy atom. The van der Waals surface area contributed by atoms with Crippen molar-refractivity contribution < 1.29 is 30.3 Å². The summed E-state index contributed by atoms with van der Waals surface area (Å²) < 4.78 is 28.9. The zero-order valence-corrected chi connectivity index (χ0v) is 40.8. The van der Waals surface area contributed by atoms with Gasteiger partial charge in [0, 0.05) is 42.6 Å². The number of aromatic nitrogens is 3. The number of rotatable bonds is 7. The van der Waals surface area contributed by atoms with Crippen molar-refractivity contribution in [2.24, 2.45) is 0 Å². The maximum Gasteiger partial charge on any atom is 0.148 e. The molecule has 9 aromatic rings. The molecule has 0 bridgehead atoms. The first-order chi connectivity index (χ1) is 31.7. The number of pyridine rings is 1. The summed E-state index contributed by atoms with van der Waals surface area (Å²) in [5.41, 5.74) is 16.4. The van der Waals surface area contributed by atoms with Gasteiger partial charge in [-0.15, -0.1) is 29.3 Å². The number of nitrogens with zero attached hydrogens (tertiary/aromatic N) is 3. The van der Waals surface area contributed by atoms with Crippen LogP contribution in [-0.2, 0) is 31.9 Å². The van der Waals surface area contributed by atoms with Gasteiger partial charge in [-0.2, -0.15) is 0 Å². The second kappa shape index (κ2) is 17.6. The molecule has 7 aromatic carbocycles. The van der Waals surface area contributed by atoms with Crippen LogP contribution in [0.15, 0.2) is 152 Å². The molecule has 0 fully saturated rings. The van der Waals surface area contributed by atoms with Crippen molar-refractivity contribution >= 4 is 11.0 Å². The predicted molar refractivity (Wildman–Crippen MR) is 268 cm³/mol. The molecular formula is C60H56N3OPt-. The summed E-state index contributed by atoms with van der Waals surface area (Å²) in [5, 5.41) is 12.0. The van der Waals surface area contributed by atoms with Crippen LogP contribution in [0.2, 0.25) is 0 Å². The van der Waals surface area contributed by atoms with Crippen molar-refractivity contribution in [1.29, 1.82) is 0 Å². The second-order valence-electron chi connectivity index (χ2n) is 19.3. The number of para-hydroxylation sites is 1. The van der Waals surface area contributed by atoms with Gasteiger partial charge in [0.25, 0.3) is 0 Å². The molecule has 5 heteroatoms. The van der Waals surface area contributed by atoms with Crippen molar-refractivity contribution in [2.45, 2.75) is 80.0 Å². The van der Waals surface area contributed by atoms with Crippen LogP contribution in [0.5, 0.6) is 5.75 Å². The molecule has 0 aliphatic carbocycles. The van der Waals surface area contributed by atoms with Crippen molar-refractivity contribution in [2.75, 3.05) is 0 Å². The van der Waals surface area contributed by atoms with E-state index in [4.69, 9.17) is 14.1 Å². The summed E-state index contributed by atoms with van der Waals surface area (Å²) in [6.07, 6.45) is 1.86. The first-order valence-electron chi connectivity index (χ1n) is 23.5. The Morgan fingerprint density at radius 2 is 1.23 bits per heavy atom. The van der Waals surface area contributed by atoms with E-state index >= 15 is 0 Å². The van der Waals surface area contributed by atoms with Gasteiger partial charge in [0.1, 0.15) is 11.6 Å². The fourth-order valence-electron chi connectivity index (χ4n) is 8.67. The van der Waals surface area contributed by atoms with Gasteiger partial charge in [-0.3, -0.25) is 9.55 Å². The molecule has 0 saturated carbocycles. The van der Waals surface area contributed by atoms with E-state index in [2.05, 4.69) is 127 Å². The molecule has 0 spiro atoms. The number of phenolic OH excluding ortho intramolecular Hbond substituents is 1. The summed E-state index contributed by atoms with van der Waals surface area (Å²) in [5.74, 6) is 0.600. The minimum absolute atomic E-state index is 0. The molecule has 2 aromatic heterocycles. The Labute approximate surface area is 403 Å². The third-order valence-electron chi connectivity index (χ3n) is 12.3. The fourth-order valence-corrected chi connectivity index (χ4v) is 8.67. The monoisotopic (exact) mass is 1030 g/mol. The van der Waals surface area contributed by atoms with Gasteiger partial charge in [-0.25, -0.2) is 4.98 Å². The van der Waals surface area contributed by atoms with Crippen molar-refractivity contribution in [3.05, 3.63) is 191 Å². The van der Waals surface area contributed by atoms with Crippen LogP contribution in [-0.4, -0.2) is 19.6 Å². The van der Waals surface area contributed by atoms with E-state index in [-0.39, 0.29) is 43.2 Å². The molecule has 1 N–H and O–H groups in total. The van der Waals surface area contributed by atoms with Gasteiger partial charge < -0.3 is 5.11 Å². The Morgan fingerprint density at radius 3 is 1.92 bits per heavy atom. The maximum atomic E-state index is 12.0. The van der Waals surface area contributed by atoms with Crippen LogP contribution in [0.4, 0.5) is 0 Å². The third kappa shape index (κ3) is 8.90. The zero-order chi connectivity index (χ0) is 47.6. The first-order valence-corrected chi connectivity index (χ1v) is 22.0. The van der Waals surface area contributed by atoms with Gasteiger partial charge in [-0.05, 0) is 119 Å². The van der Waals surface area contributed by atoms with Crippen LogP contribution in [0, 0.1) is 33.7 Å². The molecule has 0 aliphatic heterocycles. The van der Waals surface area contributed by atoms with E-state index in [0.717, 1.165) is 66.8 Å². The number of hydrogen-bond acceptors (Lipinski definition) is 3. The van der Waals surface area contributed by atoms with Crippen LogP contribution < -0.4 is 0 Å². The molecule has 0 unspecified atom stereocenters. The molecule has 0 radical (unpaired) electrons. The first kappa shape index (κ1) is 41.4. The fraction of sp³-hybridized carbons (Fsp3) is 0.200. The van der Waals surface area contributed by atoms with Crippen LogP contribution in [0.25, 0.3) is 83.9 Å². The number of fused-ring (bicyclic) bond motifs is 1. The summed E-state index contributed by atoms with van der Waals surface area (Å²) in [7, 11) is 0. The van der Waals surface area contributed by atoms with Gasteiger partial charge in [0.2, 0.25) is 0 Å². The van der Waals surface area contributed by atoms with E-state index in [1.165, 1.54) is 11.1 Å². The summed E-state index contributed by atoms with van der Waals surface area (Å²) in [6.45, 7) is 16.7. The standard InChI is InChI=1S/C60H56N3O.Pt/c1-37-19-21-41(22-20-37)44-27-28-61-53(35-44)46-32-45(33-48(34-46)60(8,9)10)49-17-14-18-54-56(49)62-58(52-30-38(2)29-40(4)57(52)64)63(54)55-31-39(3)50(42-15-12-11-13-16-42)36-51(55)43-23-25-47(26-24-43)59(5,6)7;/h11-31,33-36,64H,1-10H3;/q-1;/i3D3;. The SMILES string of the molecule is [2H]C([2H])([2H])c1cc(-n2c(-c3cc(C)cc(C)c3O)nc3c(-c4[c-]c(-c5cc(-c6ccc(C)cc6)ccn5)cc(C(C)(C)C)c4)cccc32)c(-c2ccc(C(C)(C)C)cc2)cc1-c1ccccc1.[Pt]. The average molecular weight is 1030 g/mol. The van der Waals surface area contributed by atoms with Gasteiger partial charge in [0.15, 0.2) is 0 Å². The van der Waals surface area contributed by atoms with Crippen molar-refractivity contribution in [3.8, 4) is 78.6 Å². The van der Waals surface area contributed by atoms with Crippen LogP contribution >= 0.6 is 0 Å². The van der Waals surface area contributed by atoms with E-state index in [9.17, 15) is 5.11 Å². The van der Waals surface area contributed by atoms with Crippen molar-refractivity contribution in [1.82, 2.24) is 14.5 Å². The minimum Gasteiger partial charge on any atom is -0.507 e. The second-order valence-corrected chi connectivity index (χ2v) is 19.3. The molecular weight excluding hydrogens is 974 g/mol. The van der Waals surface area contributed by atoms with E-state index in [1.54, 1.807) is 0 Å². The van der Waals surface area contributed by atoms with Crippen LogP contribution in [0.3, 0.4) is 0 Å². The number of phenols is 1. The quantitative estimate of drug-likeness (QED) is 0.162. The summed E-state index contributed by atoms with van der Waals surface area (Å²) in [6, 6.07) is 53.0. The molecule has 9 rings (SSSR count). The Bertz CT molecular complexity index is 3320. The summed E-state index contributed by atoms with van der Waals surface area (Å²) in [4.78, 5) is 10.4. The predicted octanol–water partition coefficient (Wildman–Crippen LogP) is 15.8. The number of aryl methyl sites for hydroxylation is 4. The maximum absolute atomic E-state index is 12.0. The number of imidazole rings is 1.